The van der Waals surface area contributed by atoms with Gasteiger partial charge in [0.1, 0.15) is 0 Å². The molecule has 6 heteroatoms. The molecule has 3 rings (SSSR count). The number of benzene rings is 1. The fraction of sp³-hybridized carbons (Fsp3) is 0.435. The summed E-state index contributed by atoms with van der Waals surface area (Å²) in [6, 6.07) is 11.7. The number of hydrogen-bond donors (Lipinski definition) is 2. The van der Waals surface area contributed by atoms with Crippen molar-refractivity contribution in [2.24, 2.45) is 0 Å². The zero-order valence-corrected chi connectivity index (χ0v) is 17.1. The van der Waals surface area contributed by atoms with Crippen molar-refractivity contribution in [3.63, 3.8) is 0 Å². The lowest BCUT2D eigenvalue weighted by Gasteiger charge is -2.30. The maximum atomic E-state index is 13.0. The lowest BCUT2D eigenvalue weighted by molar-refractivity contribution is -0.116. The summed E-state index contributed by atoms with van der Waals surface area (Å²) >= 11 is 0. The smallest absolute Gasteiger partial charge is 0.318 e. The molecule has 2 N–H and O–H groups in total. The number of urea groups is 1. The van der Waals surface area contributed by atoms with E-state index < -0.39 is 0 Å². The summed E-state index contributed by atoms with van der Waals surface area (Å²) in [6.45, 7) is 3.16. The van der Waals surface area contributed by atoms with Gasteiger partial charge >= 0.3 is 6.03 Å². The third kappa shape index (κ3) is 6.04. The van der Waals surface area contributed by atoms with Crippen LogP contribution in [-0.2, 0) is 11.3 Å². The number of amides is 3. The van der Waals surface area contributed by atoms with Gasteiger partial charge in [-0.15, -0.1) is 0 Å². The molecule has 0 bridgehead atoms. The van der Waals surface area contributed by atoms with Crippen LogP contribution in [0.1, 0.15) is 62.6 Å². The number of carbonyl (C=O) groups excluding carboxylic acids is 2. The highest BCUT2D eigenvalue weighted by atomic mass is 16.2. The van der Waals surface area contributed by atoms with Gasteiger partial charge in [0.05, 0.1) is 6.04 Å². The Morgan fingerprint density at radius 1 is 1.14 bits per heavy atom. The highest BCUT2D eigenvalue weighted by Gasteiger charge is 2.26. The molecule has 1 aromatic heterocycles. The molecule has 0 aliphatic carbocycles. The molecule has 0 spiro atoms. The van der Waals surface area contributed by atoms with Crippen LogP contribution in [0.2, 0.25) is 0 Å². The van der Waals surface area contributed by atoms with Crippen LogP contribution in [0, 0.1) is 0 Å². The summed E-state index contributed by atoms with van der Waals surface area (Å²) in [5, 5.41) is 5.96. The third-order valence-electron chi connectivity index (χ3n) is 5.24. The van der Waals surface area contributed by atoms with Gasteiger partial charge in [0.25, 0.3) is 0 Å². The molecule has 0 radical (unpaired) electrons. The SMILES string of the molecule is CCCC(=O)Nc1cccc(CNC(=O)N2CCCCCC2c2ccncc2)c1. The molecule has 1 atom stereocenters. The average molecular weight is 395 g/mol. The van der Waals surface area contributed by atoms with Crippen molar-refractivity contribution in [3.8, 4) is 0 Å². The van der Waals surface area contributed by atoms with E-state index in [1.54, 1.807) is 12.4 Å². The number of nitrogens with one attached hydrogen (secondary N) is 2. The van der Waals surface area contributed by atoms with Gasteiger partial charge in [0.15, 0.2) is 0 Å². The van der Waals surface area contributed by atoms with Crippen LogP contribution >= 0.6 is 0 Å². The molecule has 29 heavy (non-hydrogen) atoms. The number of anilines is 1. The number of pyridine rings is 1. The summed E-state index contributed by atoms with van der Waals surface area (Å²) < 4.78 is 0. The van der Waals surface area contributed by atoms with Crippen LogP contribution in [-0.4, -0.2) is 28.4 Å². The van der Waals surface area contributed by atoms with Crippen LogP contribution in [0.5, 0.6) is 0 Å². The first kappa shape index (κ1) is 20.8. The minimum Gasteiger partial charge on any atom is -0.334 e. The molecule has 1 fully saturated rings. The Kier molecular flexibility index (Phi) is 7.61. The average Bonchev–Trinajstić information content (AvgIpc) is 2.99. The monoisotopic (exact) mass is 394 g/mol. The van der Waals surface area contributed by atoms with Crippen LogP contribution in [0.25, 0.3) is 0 Å². The maximum Gasteiger partial charge on any atom is 0.318 e. The first-order chi connectivity index (χ1) is 14.2. The zero-order valence-electron chi connectivity index (χ0n) is 17.1. The number of rotatable bonds is 6. The molecule has 6 nitrogen and oxygen atoms in total. The van der Waals surface area contributed by atoms with Gasteiger partial charge in [-0.05, 0) is 54.7 Å². The summed E-state index contributed by atoms with van der Waals surface area (Å²) in [4.78, 5) is 30.8. The first-order valence-corrected chi connectivity index (χ1v) is 10.5. The Balaban J connectivity index is 1.63. The molecule has 1 aliphatic rings. The first-order valence-electron chi connectivity index (χ1n) is 10.5. The van der Waals surface area contributed by atoms with E-state index in [4.69, 9.17) is 0 Å². The molecular formula is C23H30N4O2. The van der Waals surface area contributed by atoms with Gasteiger partial charge in [-0.25, -0.2) is 4.79 Å². The van der Waals surface area contributed by atoms with Crippen molar-refractivity contribution in [1.82, 2.24) is 15.2 Å². The number of aromatic nitrogens is 1. The van der Waals surface area contributed by atoms with Gasteiger partial charge in [0.2, 0.25) is 5.91 Å². The van der Waals surface area contributed by atoms with Gasteiger partial charge in [-0.1, -0.05) is 31.9 Å². The van der Waals surface area contributed by atoms with Gasteiger partial charge in [0, 0.05) is 37.6 Å². The van der Waals surface area contributed by atoms with E-state index in [9.17, 15) is 9.59 Å². The molecule has 1 aromatic carbocycles. The van der Waals surface area contributed by atoms with E-state index >= 15 is 0 Å². The molecular weight excluding hydrogens is 364 g/mol. The highest BCUT2D eigenvalue weighted by Crippen LogP contribution is 2.29. The summed E-state index contributed by atoms with van der Waals surface area (Å²) in [7, 11) is 0. The van der Waals surface area contributed by atoms with Crippen LogP contribution < -0.4 is 10.6 Å². The molecule has 154 valence electrons. The Labute approximate surface area is 172 Å². The normalized spacial score (nSPS) is 16.7. The van der Waals surface area contributed by atoms with Crippen LogP contribution in [0.4, 0.5) is 10.5 Å². The number of carbonyl (C=O) groups is 2. The molecule has 2 heterocycles. The summed E-state index contributed by atoms with van der Waals surface area (Å²) in [5.74, 6) is 0.0124. The quantitative estimate of drug-likeness (QED) is 0.749. The minimum atomic E-state index is -0.0471. The van der Waals surface area contributed by atoms with Gasteiger partial charge in [-0.3, -0.25) is 9.78 Å². The second kappa shape index (κ2) is 10.6. The van der Waals surface area contributed by atoms with Crippen molar-refractivity contribution in [2.75, 3.05) is 11.9 Å². The molecule has 0 saturated carbocycles. The number of likely N-dealkylation sites (tertiary alicyclic amines) is 1. The Morgan fingerprint density at radius 3 is 2.76 bits per heavy atom. The fourth-order valence-corrected chi connectivity index (χ4v) is 3.77. The Morgan fingerprint density at radius 2 is 1.97 bits per heavy atom. The van der Waals surface area contributed by atoms with Crippen molar-refractivity contribution < 1.29 is 9.59 Å². The fourth-order valence-electron chi connectivity index (χ4n) is 3.77. The van der Waals surface area contributed by atoms with E-state index in [0.29, 0.717) is 13.0 Å². The third-order valence-corrected chi connectivity index (χ3v) is 5.24. The Bertz CT molecular complexity index is 810. The van der Waals surface area contributed by atoms with Crippen molar-refractivity contribution in [2.45, 2.75) is 58.0 Å². The standard InChI is InChI=1S/C23H30N4O2/c1-2-7-22(28)26-20-9-6-8-18(16-20)17-25-23(29)27-15-5-3-4-10-21(27)19-11-13-24-14-12-19/h6,8-9,11-14,16,21H,2-5,7,10,15,17H2,1H3,(H,25,29)(H,26,28). The number of nitrogens with zero attached hydrogens (tertiary/aromatic N) is 2. The van der Waals surface area contributed by atoms with E-state index in [1.165, 1.54) is 0 Å². The van der Waals surface area contributed by atoms with Crippen LogP contribution in [0.15, 0.2) is 48.8 Å². The zero-order chi connectivity index (χ0) is 20.5. The van der Waals surface area contributed by atoms with E-state index in [0.717, 1.165) is 55.5 Å². The lowest BCUT2D eigenvalue weighted by atomic mass is 10.0. The van der Waals surface area contributed by atoms with Gasteiger partial charge < -0.3 is 15.5 Å². The van der Waals surface area contributed by atoms with Crippen molar-refractivity contribution in [3.05, 3.63) is 59.9 Å². The molecule has 1 aliphatic heterocycles. The molecule has 1 unspecified atom stereocenters. The predicted octanol–water partition coefficient (Wildman–Crippen LogP) is 4.65. The van der Waals surface area contributed by atoms with Gasteiger partial charge in [-0.2, -0.15) is 0 Å². The summed E-state index contributed by atoms with van der Waals surface area (Å²) in [5.41, 5.74) is 2.86. The largest absolute Gasteiger partial charge is 0.334 e. The van der Waals surface area contributed by atoms with E-state index in [1.807, 2.05) is 48.2 Å². The molecule has 3 amide bonds. The minimum absolute atomic E-state index is 0.0124. The van der Waals surface area contributed by atoms with Crippen LogP contribution in [0.3, 0.4) is 0 Å². The van der Waals surface area contributed by atoms with Crippen molar-refractivity contribution >= 4 is 17.6 Å². The Hall–Kier alpha value is -2.89. The molecule has 2 aromatic rings. The second-order valence-electron chi connectivity index (χ2n) is 7.50. The number of hydrogen-bond acceptors (Lipinski definition) is 3. The maximum absolute atomic E-state index is 13.0. The highest BCUT2D eigenvalue weighted by molar-refractivity contribution is 5.90. The second-order valence-corrected chi connectivity index (χ2v) is 7.50. The summed E-state index contributed by atoms with van der Waals surface area (Å²) in [6.07, 6.45) is 9.15. The van der Waals surface area contributed by atoms with E-state index in [2.05, 4.69) is 15.6 Å². The lowest BCUT2D eigenvalue weighted by Crippen LogP contribution is -2.41. The topological polar surface area (TPSA) is 74.3 Å². The van der Waals surface area contributed by atoms with E-state index in [-0.39, 0.29) is 18.0 Å². The molecule has 1 saturated heterocycles. The predicted molar refractivity (Wildman–Crippen MR) is 114 cm³/mol. The van der Waals surface area contributed by atoms with Crippen molar-refractivity contribution in [1.29, 1.82) is 0 Å².